The van der Waals surface area contributed by atoms with E-state index in [0.29, 0.717) is 6.42 Å². The smallest absolute Gasteiger partial charge is 0.135 e. The van der Waals surface area contributed by atoms with E-state index >= 15 is 0 Å². The summed E-state index contributed by atoms with van der Waals surface area (Å²) in [6.45, 7) is 1.41. The molecule has 1 aliphatic carbocycles. The topological polar surface area (TPSA) is 46.2 Å². The third-order valence-electron chi connectivity index (χ3n) is 2.23. The van der Waals surface area contributed by atoms with Crippen LogP contribution in [-0.2, 0) is 0 Å². The molecule has 3 heteroatoms. The molecule has 2 unspecified atom stereocenters. The normalized spacial score (nSPS) is 49.2. The molecule has 0 bridgehead atoms. The summed E-state index contributed by atoms with van der Waals surface area (Å²) in [5.74, 6) is 0. The molecule has 1 saturated carbocycles. The average Bonchev–Trinajstić information content (AvgIpc) is 1.83. The van der Waals surface area contributed by atoms with Gasteiger partial charge in [-0.15, -0.1) is 0 Å². The Hall–Kier alpha value is -0.150. The van der Waals surface area contributed by atoms with Crippen molar-refractivity contribution in [3.8, 4) is 0 Å². The molecule has 0 aliphatic heterocycles. The Morgan fingerprint density at radius 1 is 1.70 bits per heavy atom. The summed E-state index contributed by atoms with van der Waals surface area (Å²) in [7, 11) is 0. The van der Waals surface area contributed by atoms with Gasteiger partial charge in [-0.25, -0.2) is 4.39 Å². The third-order valence-corrected chi connectivity index (χ3v) is 2.23. The zero-order chi connectivity index (χ0) is 7.78. The summed E-state index contributed by atoms with van der Waals surface area (Å²) in [5.41, 5.74) is 4.00. The molecular formula is C7H14FNO. The molecule has 0 spiro atoms. The standard InChI is InChI=1S/C7H14FNO/c1-7(8)4-2-3-5(9)6(7)10/h5-6,10H,2-4,9H2,1H3/t5-,6?,7?/m1/s1. The lowest BCUT2D eigenvalue weighted by molar-refractivity contribution is -0.0390. The van der Waals surface area contributed by atoms with Gasteiger partial charge in [-0.2, -0.15) is 0 Å². The van der Waals surface area contributed by atoms with Crippen molar-refractivity contribution < 1.29 is 9.50 Å². The Morgan fingerprint density at radius 3 is 2.70 bits per heavy atom. The SMILES string of the molecule is CC1(F)CCC[C@@H](N)C1O. The number of aliphatic hydroxyl groups excluding tert-OH is 1. The van der Waals surface area contributed by atoms with Crippen LogP contribution in [0.4, 0.5) is 4.39 Å². The predicted octanol–water partition coefficient (Wildman–Crippen LogP) is 0.587. The minimum absolute atomic E-state index is 0.372. The van der Waals surface area contributed by atoms with Crippen LogP contribution in [0, 0.1) is 0 Å². The molecule has 2 nitrogen and oxygen atoms in total. The molecule has 0 heterocycles. The van der Waals surface area contributed by atoms with E-state index in [1.807, 2.05) is 0 Å². The second-order valence-corrected chi connectivity index (χ2v) is 3.28. The van der Waals surface area contributed by atoms with Crippen LogP contribution in [0.2, 0.25) is 0 Å². The van der Waals surface area contributed by atoms with E-state index < -0.39 is 11.8 Å². The number of rotatable bonds is 0. The van der Waals surface area contributed by atoms with E-state index in [2.05, 4.69) is 0 Å². The van der Waals surface area contributed by atoms with Gasteiger partial charge in [0.2, 0.25) is 0 Å². The highest BCUT2D eigenvalue weighted by Crippen LogP contribution is 2.30. The van der Waals surface area contributed by atoms with E-state index in [0.717, 1.165) is 12.8 Å². The van der Waals surface area contributed by atoms with Crippen LogP contribution >= 0.6 is 0 Å². The maximum Gasteiger partial charge on any atom is 0.135 e. The van der Waals surface area contributed by atoms with E-state index in [1.165, 1.54) is 6.92 Å². The van der Waals surface area contributed by atoms with Crippen molar-refractivity contribution in [2.75, 3.05) is 0 Å². The van der Waals surface area contributed by atoms with Crippen molar-refractivity contribution in [1.82, 2.24) is 0 Å². The molecular weight excluding hydrogens is 133 g/mol. The monoisotopic (exact) mass is 147 g/mol. The molecule has 1 aliphatic rings. The van der Waals surface area contributed by atoms with Crippen LogP contribution in [0.15, 0.2) is 0 Å². The van der Waals surface area contributed by atoms with Gasteiger partial charge in [0.1, 0.15) is 11.8 Å². The first-order valence-corrected chi connectivity index (χ1v) is 3.66. The predicted molar refractivity (Wildman–Crippen MR) is 37.3 cm³/mol. The molecule has 1 rings (SSSR count). The second kappa shape index (κ2) is 2.47. The van der Waals surface area contributed by atoms with Crippen molar-refractivity contribution in [3.63, 3.8) is 0 Å². The number of nitrogens with two attached hydrogens (primary N) is 1. The number of hydrogen-bond acceptors (Lipinski definition) is 2. The van der Waals surface area contributed by atoms with Crippen molar-refractivity contribution in [1.29, 1.82) is 0 Å². The van der Waals surface area contributed by atoms with Gasteiger partial charge < -0.3 is 10.8 Å². The van der Waals surface area contributed by atoms with Gasteiger partial charge in [0, 0.05) is 6.04 Å². The maximum atomic E-state index is 13.2. The highest BCUT2D eigenvalue weighted by Gasteiger charge is 2.39. The fraction of sp³-hybridized carbons (Fsp3) is 1.00. The highest BCUT2D eigenvalue weighted by atomic mass is 19.1. The van der Waals surface area contributed by atoms with Gasteiger partial charge in [-0.1, -0.05) is 0 Å². The minimum atomic E-state index is -1.46. The van der Waals surface area contributed by atoms with E-state index in [9.17, 15) is 9.50 Å². The van der Waals surface area contributed by atoms with Crippen LogP contribution < -0.4 is 5.73 Å². The number of hydrogen-bond donors (Lipinski definition) is 2. The van der Waals surface area contributed by atoms with E-state index in [1.54, 1.807) is 0 Å². The van der Waals surface area contributed by atoms with E-state index in [-0.39, 0.29) is 6.04 Å². The zero-order valence-corrected chi connectivity index (χ0v) is 6.18. The molecule has 0 aromatic heterocycles. The molecule has 60 valence electrons. The van der Waals surface area contributed by atoms with Gasteiger partial charge in [0.25, 0.3) is 0 Å². The number of alkyl halides is 1. The lowest BCUT2D eigenvalue weighted by Gasteiger charge is -2.35. The first-order chi connectivity index (χ1) is 4.54. The molecule has 3 atom stereocenters. The molecule has 0 aromatic rings. The molecule has 0 saturated heterocycles. The van der Waals surface area contributed by atoms with Crippen LogP contribution in [0.25, 0.3) is 0 Å². The fourth-order valence-corrected chi connectivity index (χ4v) is 1.44. The Bertz CT molecular complexity index is 127. The summed E-state index contributed by atoms with van der Waals surface area (Å²) in [6.07, 6.45) is 0.981. The summed E-state index contributed by atoms with van der Waals surface area (Å²) < 4.78 is 13.2. The third kappa shape index (κ3) is 1.30. The summed E-state index contributed by atoms with van der Waals surface area (Å²) >= 11 is 0. The highest BCUT2D eigenvalue weighted by molar-refractivity contribution is 4.93. The van der Waals surface area contributed by atoms with Crippen molar-refractivity contribution in [2.45, 2.75) is 44.0 Å². The Morgan fingerprint density at radius 2 is 2.30 bits per heavy atom. The molecule has 0 aromatic carbocycles. The van der Waals surface area contributed by atoms with Crippen LogP contribution in [-0.4, -0.2) is 22.9 Å². The number of aliphatic hydroxyl groups is 1. The van der Waals surface area contributed by atoms with Crippen LogP contribution in [0.3, 0.4) is 0 Å². The van der Waals surface area contributed by atoms with Crippen molar-refractivity contribution >= 4 is 0 Å². The minimum Gasteiger partial charge on any atom is -0.388 e. The summed E-state index contributed by atoms with van der Waals surface area (Å²) in [6, 6.07) is -0.372. The van der Waals surface area contributed by atoms with Crippen LogP contribution in [0.1, 0.15) is 26.2 Å². The van der Waals surface area contributed by atoms with Gasteiger partial charge in [-0.3, -0.25) is 0 Å². The molecule has 1 fully saturated rings. The van der Waals surface area contributed by atoms with Gasteiger partial charge in [-0.05, 0) is 26.2 Å². The molecule has 0 radical (unpaired) electrons. The zero-order valence-electron chi connectivity index (χ0n) is 6.18. The van der Waals surface area contributed by atoms with E-state index in [4.69, 9.17) is 5.73 Å². The molecule has 10 heavy (non-hydrogen) atoms. The Balaban J connectivity index is 2.60. The average molecular weight is 147 g/mol. The largest absolute Gasteiger partial charge is 0.388 e. The summed E-state index contributed by atoms with van der Waals surface area (Å²) in [4.78, 5) is 0. The molecule has 3 N–H and O–H groups in total. The first kappa shape index (κ1) is 7.95. The quantitative estimate of drug-likeness (QED) is 0.526. The van der Waals surface area contributed by atoms with Crippen LogP contribution in [0.5, 0.6) is 0 Å². The van der Waals surface area contributed by atoms with Gasteiger partial charge in [0.15, 0.2) is 0 Å². The molecule has 0 amide bonds. The number of halogens is 1. The van der Waals surface area contributed by atoms with Crippen molar-refractivity contribution in [2.24, 2.45) is 5.73 Å². The second-order valence-electron chi connectivity index (χ2n) is 3.28. The van der Waals surface area contributed by atoms with Gasteiger partial charge >= 0.3 is 0 Å². The first-order valence-electron chi connectivity index (χ1n) is 3.66. The lowest BCUT2D eigenvalue weighted by Crippen LogP contribution is -2.51. The van der Waals surface area contributed by atoms with Crippen molar-refractivity contribution in [3.05, 3.63) is 0 Å². The summed E-state index contributed by atoms with van der Waals surface area (Å²) in [5, 5.41) is 9.21. The Kier molecular flexibility index (Phi) is 1.97. The lowest BCUT2D eigenvalue weighted by atomic mass is 9.82. The Labute approximate surface area is 60.2 Å². The fourth-order valence-electron chi connectivity index (χ4n) is 1.44. The maximum absolute atomic E-state index is 13.2. The van der Waals surface area contributed by atoms with Gasteiger partial charge in [0.05, 0.1) is 0 Å².